The molecule has 0 saturated carbocycles. The van der Waals surface area contributed by atoms with Gasteiger partial charge in [0.2, 0.25) is 0 Å². The molecule has 0 fully saturated rings. The van der Waals surface area contributed by atoms with Crippen LogP contribution in [-0.2, 0) is 0 Å². The molecule has 3 heteroatoms. The van der Waals surface area contributed by atoms with Crippen LogP contribution in [0.5, 0.6) is 11.5 Å². The molecule has 0 aliphatic heterocycles. The molecule has 0 N–H and O–H groups in total. The highest BCUT2D eigenvalue weighted by atomic mass is 35.5. The first-order valence-corrected chi connectivity index (χ1v) is 5.10. The normalized spacial score (nSPS) is 10.0. The van der Waals surface area contributed by atoms with Gasteiger partial charge in [0.1, 0.15) is 11.5 Å². The van der Waals surface area contributed by atoms with Crippen LogP contribution in [0.4, 0.5) is 0 Å². The molecule has 0 bridgehead atoms. The van der Waals surface area contributed by atoms with Gasteiger partial charge in [0.25, 0.3) is 0 Å². The molecule has 0 saturated heterocycles. The summed E-state index contributed by atoms with van der Waals surface area (Å²) in [6.07, 6.45) is 0. The van der Waals surface area contributed by atoms with Gasteiger partial charge in [0.05, 0.1) is 0 Å². The predicted octanol–water partition coefficient (Wildman–Crippen LogP) is 4.59. The first-order chi connectivity index (χ1) is 7.24. The van der Waals surface area contributed by atoms with Gasteiger partial charge in [0.15, 0.2) is 0 Å². The molecule has 1 radical (unpaired) electrons. The third-order valence-corrected chi connectivity index (χ3v) is 2.20. The summed E-state index contributed by atoms with van der Waals surface area (Å²) in [6, 6.07) is 15.2. The molecule has 0 heterocycles. The molecule has 15 heavy (non-hydrogen) atoms. The Morgan fingerprint density at radius 2 is 1.47 bits per heavy atom. The first-order valence-electron chi connectivity index (χ1n) is 4.34. The number of hydrogen-bond donors (Lipinski definition) is 0. The lowest BCUT2D eigenvalue weighted by Crippen LogP contribution is -1.83. The van der Waals surface area contributed by atoms with Crippen molar-refractivity contribution >= 4 is 23.2 Å². The Morgan fingerprint density at radius 1 is 0.867 bits per heavy atom. The highest BCUT2D eigenvalue weighted by molar-refractivity contribution is 6.34. The van der Waals surface area contributed by atoms with Gasteiger partial charge in [0, 0.05) is 10.0 Å². The van der Waals surface area contributed by atoms with Crippen molar-refractivity contribution in [2.75, 3.05) is 0 Å². The SMILES string of the molecule is Clc1cc(Cl)cc(Oc2cc[c]cc2)c1. The van der Waals surface area contributed by atoms with E-state index in [9.17, 15) is 0 Å². The molecular weight excluding hydrogens is 231 g/mol. The Kier molecular flexibility index (Phi) is 3.14. The van der Waals surface area contributed by atoms with E-state index in [-0.39, 0.29) is 0 Å². The molecule has 2 rings (SSSR count). The minimum Gasteiger partial charge on any atom is -0.457 e. The summed E-state index contributed by atoms with van der Waals surface area (Å²) in [5, 5.41) is 1.11. The topological polar surface area (TPSA) is 9.23 Å². The average Bonchev–Trinajstić information content (AvgIpc) is 2.17. The monoisotopic (exact) mass is 237 g/mol. The second kappa shape index (κ2) is 4.56. The third-order valence-electron chi connectivity index (χ3n) is 1.76. The van der Waals surface area contributed by atoms with Crippen LogP contribution in [0.3, 0.4) is 0 Å². The summed E-state index contributed by atoms with van der Waals surface area (Å²) in [4.78, 5) is 0. The zero-order chi connectivity index (χ0) is 10.7. The lowest BCUT2D eigenvalue weighted by molar-refractivity contribution is 0.483. The second-order valence-electron chi connectivity index (χ2n) is 2.94. The van der Waals surface area contributed by atoms with E-state index in [1.807, 2.05) is 12.1 Å². The van der Waals surface area contributed by atoms with Crippen LogP contribution < -0.4 is 4.74 Å². The maximum atomic E-state index is 5.85. The van der Waals surface area contributed by atoms with Crippen LogP contribution in [0.15, 0.2) is 42.5 Å². The molecule has 0 spiro atoms. The average molecular weight is 238 g/mol. The van der Waals surface area contributed by atoms with Crippen LogP contribution in [0.25, 0.3) is 0 Å². The van der Waals surface area contributed by atoms with Gasteiger partial charge in [-0.3, -0.25) is 0 Å². The van der Waals surface area contributed by atoms with Gasteiger partial charge < -0.3 is 4.74 Å². The van der Waals surface area contributed by atoms with E-state index in [1.165, 1.54) is 0 Å². The summed E-state index contributed by atoms with van der Waals surface area (Å²) < 4.78 is 5.55. The Bertz CT molecular complexity index is 434. The van der Waals surface area contributed by atoms with E-state index in [0.29, 0.717) is 15.8 Å². The maximum absolute atomic E-state index is 5.85. The Labute approximate surface area is 98.2 Å². The maximum Gasteiger partial charge on any atom is 0.130 e. The summed E-state index contributed by atoms with van der Waals surface area (Å²) in [6.45, 7) is 0. The van der Waals surface area contributed by atoms with Gasteiger partial charge in [-0.15, -0.1) is 0 Å². The van der Waals surface area contributed by atoms with Crippen LogP contribution in [-0.4, -0.2) is 0 Å². The molecule has 0 aliphatic carbocycles. The fourth-order valence-corrected chi connectivity index (χ4v) is 1.67. The molecule has 0 aromatic heterocycles. The van der Waals surface area contributed by atoms with Crippen LogP contribution in [0, 0.1) is 6.07 Å². The highest BCUT2D eigenvalue weighted by Gasteiger charge is 2.00. The van der Waals surface area contributed by atoms with Crippen LogP contribution in [0.1, 0.15) is 0 Å². The van der Waals surface area contributed by atoms with E-state index in [4.69, 9.17) is 27.9 Å². The van der Waals surface area contributed by atoms with Gasteiger partial charge in [-0.25, -0.2) is 0 Å². The van der Waals surface area contributed by atoms with E-state index in [0.717, 1.165) is 5.75 Å². The van der Waals surface area contributed by atoms with E-state index in [2.05, 4.69) is 6.07 Å². The molecule has 0 atom stereocenters. The van der Waals surface area contributed by atoms with Crippen molar-refractivity contribution < 1.29 is 4.74 Å². The molecule has 2 aromatic rings. The fraction of sp³-hybridized carbons (Fsp3) is 0. The number of hydrogen-bond acceptors (Lipinski definition) is 1. The van der Waals surface area contributed by atoms with Gasteiger partial charge in [-0.05, 0) is 36.4 Å². The van der Waals surface area contributed by atoms with E-state index >= 15 is 0 Å². The Morgan fingerprint density at radius 3 is 2.07 bits per heavy atom. The third kappa shape index (κ3) is 2.88. The van der Waals surface area contributed by atoms with Gasteiger partial charge >= 0.3 is 0 Å². The summed E-state index contributed by atoms with van der Waals surface area (Å²) in [5.41, 5.74) is 0. The lowest BCUT2D eigenvalue weighted by Gasteiger charge is -2.05. The number of rotatable bonds is 2. The van der Waals surface area contributed by atoms with Crippen LogP contribution >= 0.6 is 23.2 Å². The van der Waals surface area contributed by atoms with Crippen molar-refractivity contribution in [3.8, 4) is 11.5 Å². The van der Waals surface area contributed by atoms with Gasteiger partial charge in [-0.2, -0.15) is 0 Å². The number of ether oxygens (including phenoxy) is 1. The minimum absolute atomic E-state index is 0.556. The Hall–Kier alpha value is -1.18. The number of benzene rings is 2. The molecule has 0 aliphatic rings. The molecular formula is C12H7Cl2O. The second-order valence-corrected chi connectivity index (χ2v) is 3.82. The van der Waals surface area contributed by atoms with Gasteiger partial charge in [-0.1, -0.05) is 35.3 Å². The van der Waals surface area contributed by atoms with E-state index < -0.39 is 0 Å². The largest absolute Gasteiger partial charge is 0.457 e. The minimum atomic E-state index is 0.556. The summed E-state index contributed by atoms with van der Waals surface area (Å²) >= 11 is 11.7. The molecule has 1 nitrogen and oxygen atoms in total. The molecule has 75 valence electrons. The summed E-state index contributed by atoms with van der Waals surface area (Å²) in [5.74, 6) is 1.35. The molecule has 2 aromatic carbocycles. The molecule has 0 amide bonds. The number of halogens is 2. The quantitative estimate of drug-likeness (QED) is 0.743. The standard InChI is InChI=1S/C12H7Cl2O/c13-9-6-10(14)8-12(7-9)15-11-4-2-1-3-5-11/h2-8H. The zero-order valence-electron chi connectivity index (χ0n) is 7.71. The van der Waals surface area contributed by atoms with Crippen molar-refractivity contribution in [3.05, 3.63) is 58.6 Å². The predicted molar refractivity (Wildman–Crippen MR) is 61.8 cm³/mol. The smallest absolute Gasteiger partial charge is 0.130 e. The van der Waals surface area contributed by atoms with Crippen molar-refractivity contribution in [2.24, 2.45) is 0 Å². The summed E-state index contributed by atoms with van der Waals surface area (Å²) in [7, 11) is 0. The highest BCUT2D eigenvalue weighted by Crippen LogP contribution is 2.27. The fourth-order valence-electron chi connectivity index (χ4n) is 1.16. The lowest BCUT2D eigenvalue weighted by atomic mass is 10.3. The van der Waals surface area contributed by atoms with Crippen molar-refractivity contribution in [1.82, 2.24) is 0 Å². The molecule has 0 unspecified atom stereocenters. The first kappa shape index (κ1) is 10.3. The van der Waals surface area contributed by atoms with Crippen molar-refractivity contribution in [2.45, 2.75) is 0 Å². The van der Waals surface area contributed by atoms with Crippen LogP contribution in [0.2, 0.25) is 10.0 Å². The Balaban J connectivity index is 2.25. The van der Waals surface area contributed by atoms with Crippen molar-refractivity contribution in [3.63, 3.8) is 0 Å². The van der Waals surface area contributed by atoms with E-state index in [1.54, 1.807) is 30.3 Å². The zero-order valence-corrected chi connectivity index (χ0v) is 9.22. The van der Waals surface area contributed by atoms with Crippen molar-refractivity contribution in [1.29, 1.82) is 0 Å².